The highest BCUT2D eigenvalue weighted by Crippen LogP contribution is 2.20. The van der Waals surface area contributed by atoms with Crippen molar-refractivity contribution in [2.75, 3.05) is 0 Å². The Bertz CT molecular complexity index is 580. The van der Waals surface area contributed by atoms with Crippen molar-refractivity contribution in [2.45, 2.75) is 19.9 Å². The first kappa shape index (κ1) is 12.8. The predicted molar refractivity (Wildman–Crippen MR) is 67.4 cm³/mol. The fourth-order valence-electron chi connectivity index (χ4n) is 1.73. The molecule has 0 aliphatic heterocycles. The zero-order chi connectivity index (χ0) is 13.1. The molecule has 18 heavy (non-hydrogen) atoms. The summed E-state index contributed by atoms with van der Waals surface area (Å²) in [4.78, 5) is 16.3. The first-order valence-electron chi connectivity index (χ1n) is 5.64. The van der Waals surface area contributed by atoms with Gasteiger partial charge in [0.2, 0.25) is 5.78 Å². The summed E-state index contributed by atoms with van der Waals surface area (Å²) in [7, 11) is 0. The van der Waals surface area contributed by atoms with Crippen LogP contribution in [-0.2, 0) is 6.54 Å². The number of ketones is 1. The van der Waals surface area contributed by atoms with Crippen molar-refractivity contribution in [1.29, 1.82) is 0 Å². The Balaban J connectivity index is 2.38. The van der Waals surface area contributed by atoms with Gasteiger partial charge in [-0.15, -0.1) is 0 Å². The maximum atomic E-state index is 12.9. The molecule has 1 aromatic heterocycles. The second-order valence-electron chi connectivity index (χ2n) is 3.90. The summed E-state index contributed by atoms with van der Waals surface area (Å²) < 4.78 is 14.7. The Morgan fingerprint density at radius 3 is 2.94 bits per heavy atom. The molecule has 0 bridgehead atoms. The van der Waals surface area contributed by atoms with Gasteiger partial charge in [-0.25, -0.2) is 9.37 Å². The quantitative estimate of drug-likeness (QED) is 0.796. The molecule has 0 amide bonds. The van der Waals surface area contributed by atoms with Crippen LogP contribution in [-0.4, -0.2) is 15.3 Å². The smallest absolute Gasteiger partial charge is 0.229 e. The predicted octanol–water partition coefficient (Wildman–Crippen LogP) is 3.32. The number of halogens is 2. The monoisotopic (exact) mass is 266 g/mol. The maximum absolute atomic E-state index is 12.9. The SMILES string of the molecule is CCCn1ccnc1C(=O)c1ccc(F)cc1Cl. The average molecular weight is 267 g/mol. The molecular formula is C13H12ClFN2O. The summed E-state index contributed by atoms with van der Waals surface area (Å²) in [5.41, 5.74) is 0.265. The summed E-state index contributed by atoms with van der Waals surface area (Å²) in [5.74, 6) is -0.433. The first-order valence-corrected chi connectivity index (χ1v) is 6.02. The summed E-state index contributed by atoms with van der Waals surface area (Å²) in [6.45, 7) is 2.72. The molecule has 1 heterocycles. The number of aryl methyl sites for hydroxylation is 1. The molecule has 2 aromatic rings. The van der Waals surface area contributed by atoms with E-state index in [1.54, 1.807) is 17.0 Å². The minimum absolute atomic E-state index is 0.103. The van der Waals surface area contributed by atoms with Crippen molar-refractivity contribution in [3.63, 3.8) is 0 Å². The molecule has 0 aliphatic carbocycles. The average Bonchev–Trinajstić information content (AvgIpc) is 2.77. The lowest BCUT2D eigenvalue weighted by atomic mass is 10.1. The lowest BCUT2D eigenvalue weighted by Gasteiger charge is -2.06. The van der Waals surface area contributed by atoms with Crippen LogP contribution < -0.4 is 0 Å². The zero-order valence-corrected chi connectivity index (χ0v) is 10.6. The van der Waals surface area contributed by atoms with Crippen molar-refractivity contribution in [3.8, 4) is 0 Å². The van der Waals surface area contributed by atoms with Crippen LogP contribution in [0.25, 0.3) is 0 Å². The Morgan fingerprint density at radius 1 is 1.50 bits per heavy atom. The number of nitrogens with zero attached hydrogens (tertiary/aromatic N) is 2. The van der Waals surface area contributed by atoms with Crippen molar-refractivity contribution in [1.82, 2.24) is 9.55 Å². The molecule has 0 saturated carbocycles. The van der Waals surface area contributed by atoms with Crippen LogP contribution in [0, 0.1) is 5.82 Å². The van der Waals surface area contributed by atoms with Crippen molar-refractivity contribution in [3.05, 3.63) is 52.8 Å². The van der Waals surface area contributed by atoms with Gasteiger partial charge in [-0.1, -0.05) is 18.5 Å². The highest BCUT2D eigenvalue weighted by atomic mass is 35.5. The normalized spacial score (nSPS) is 10.6. The largest absolute Gasteiger partial charge is 0.328 e. The van der Waals surface area contributed by atoms with Gasteiger partial charge in [-0.3, -0.25) is 4.79 Å². The standard InChI is InChI=1S/C13H12ClFN2O/c1-2-6-17-7-5-16-13(17)12(18)10-4-3-9(15)8-11(10)14/h3-5,7-8H,2,6H2,1H3. The number of carbonyl (C=O) groups is 1. The third kappa shape index (κ3) is 2.43. The number of aromatic nitrogens is 2. The molecule has 0 atom stereocenters. The topological polar surface area (TPSA) is 34.9 Å². The second kappa shape index (κ2) is 5.31. The molecule has 0 radical (unpaired) electrons. The number of hydrogen-bond acceptors (Lipinski definition) is 2. The van der Waals surface area contributed by atoms with Crippen LogP contribution in [0.15, 0.2) is 30.6 Å². The van der Waals surface area contributed by atoms with Crippen LogP contribution in [0.4, 0.5) is 4.39 Å². The number of imidazole rings is 1. The lowest BCUT2D eigenvalue weighted by molar-refractivity contribution is 0.102. The van der Waals surface area contributed by atoms with Crippen molar-refractivity contribution in [2.24, 2.45) is 0 Å². The number of benzene rings is 1. The highest BCUT2D eigenvalue weighted by molar-refractivity contribution is 6.34. The van der Waals surface area contributed by atoms with Gasteiger partial charge in [0.1, 0.15) is 5.82 Å². The van der Waals surface area contributed by atoms with E-state index in [0.29, 0.717) is 12.4 Å². The van der Waals surface area contributed by atoms with Crippen LogP contribution in [0.5, 0.6) is 0 Å². The van der Waals surface area contributed by atoms with Gasteiger partial charge >= 0.3 is 0 Å². The Kier molecular flexibility index (Phi) is 3.77. The van der Waals surface area contributed by atoms with Crippen molar-refractivity contribution >= 4 is 17.4 Å². The molecule has 1 aromatic carbocycles. The third-order valence-electron chi connectivity index (χ3n) is 2.56. The summed E-state index contributed by atoms with van der Waals surface area (Å²) >= 11 is 5.87. The van der Waals surface area contributed by atoms with Gasteiger partial charge in [-0.2, -0.15) is 0 Å². The number of carbonyl (C=O) groups excluding carboxylic acids is 1. The molecule has 5 heteroatoms. The first-order chi connectivity index (χ1) is 8.63. The van der Waals surface area contributed by atoms with Gasteiger partial charge in [-0.05, 0) is 24.6 Å². The van der Waals surface area contributed by atoms with Gasteiger partial charge < -0.3 is 4.57 Å². The minimum atomic E-state index is -0.464. The molecule has 0 saturated heterocycles. The van der Waals surface area contributed by atoms with Crippen LogP contribution in [0.1, 0.15) is 29.5 Å². The Morgan fingerprint density at radius 2 is 2.28 bits per heavy atom. The molecule has 0 spiro atoms. The highest BCUT2D eigenvalue weighted by Gasteiger charge is 2.17. The lowest BCUT2D eigenvalue weighted by Crippen LogP contribution is -2.11. The number of rotatable bonds is 4. The van der Waals surface area contributed by atoms with E-state index in [1.807, 2.05) is 6.92 Å². The van der Waals surface area contributed by atoms with E-state index >= 15 is 0 Å². The second-order valence-corrected chi connectivity index (χ2v) is 4.30. The van der Waals surface area contributed by atoms with E-state index in [0.717, 1.165) is 12.5 Å². The molecular weight excluding hydrogens is 255 g/mol. The van der Waals surface area contributed by atoms with E-state index in [-0.39, 0.29) is 16.4 Å². The fraction of sp³-hybridized carbons (Fsp3) is 0.231. The van der Waals surface area contributed by atoms with Gasteiger partial charge in [0, 0.05) is 24.5 Å². The zero-order valence-electron chi connectivity index (χ0n) is 9.86. The van der Waals surface area contributed by atoms with E-state index in [2.05, 4.69) is 4.98 Å². The fourth-order valence-corrected chi connectivity index (χ4v) is 1.99. The van der Waals surface area contributed by atoms with Crippen LogP contribution in [0.3, 0.4) is 0 Å². The van der Waals surface area contributed by atoms with E-state index in [4.69, 9.17) is 11.6 Å². The summed E-state index contributed by atoms with van der Waals surface area (Å²) in [6.07, 6.45) is 4.21. The van der Waals surface area contributed by atoms with Gasteiger partial charge in [0.25, 0.3) is 0 Å². The molecule has 0 N–H and O–H groups in total. The van der Waals surface area contributed by atoms with E-state index in [9.17, 15) is 9.18 Å². The van der Waals surface area contributed by atoms with E-state index in [1.165, 1.54) is 12.1 Å². The maximum Gasteiger partial charge on any atom is 0.229 e. The molecule has 3 nitrogen and oxygen atoms in total. The molecule has 0 fully saturated rings. The third-order valence-corrected chi connectivity index (χ3v) is 2.87. The summed E-state index contributed by atoms with van der Waals surface area (Å²) in [5, 5.41) is 0.103. The van der Waals surface area contributed by atoms with Crippen molar-refractivity contribution < 1.29 is 9.18 Å². The number of hydrogen-bond donors (Lipinski definition) is 0. The van der Waals surface area contributed by atoms with Gasteiger partial charge in [0.05, 0.1) is 5.02 Å². The molecule has 2 rings (SSSR count). The van der Waals surface area contributed by atoms with Crippen LogP contribution in [0.2, 0.25) is 5.02 Å². The van der Waals surface area contributed by atoms with Crippen LogP contribution >= 0.6 is 11.6 Å². The van der Waals surface area contributed by atoms with E-state index < -0.39 is 5.82 Å². The summed E-state index contributed by atoms with van der Waals surface area (Å²) in [6, 6.07) is 3.72. The molecule has 0 unspecified atom stereocenters. The molecule has 94 valence electrons. The Labute approximate surface area is 109 Å². The molecule has 0 aliphatic rings. The Hall–Kier alpha value is -1.68. The minimum Gasteiger partial charge on any atom is -0.328 e. The van der Waals surface area contributed by atoms with Gasteiger partial charge in [0.15, 0.2) is 5.82 Å².